The number of fused-ring (bicyclic) bond motifs is 2. The second-order valence-electron chi connectivity index (χ2n) is 4.28. The quantitative estimate of drug-likeness (QED) is 0.287. The topological polar surface area (TPSA) is 92.5 Å². The molecule has 4 nitrogen and oxygen atoms in total. The summed E-state index contributed by atoms with van der Waals surface area (Å²) in [5.74, 6) is -7.77. The number of benzene rings is 2. The smallest absolute Gasteiger partial charge is 0.178 e. The minimum absolute atomic E-state index is 0.615. The zero-order valence-electron chi connectivity index (χ0n) is 9.56. The molecule has 1 aliphatic rings. The van der Waals surface area contributed by atoms with Gasteiger partial charge in [0.05, 0.1) is 0 Å². The van der Waals surface area contributed by atoms with E-state index in [1.165, 1.54) is 0 Å². The number of rotatable bonds is 0. The first-order valence-electron chi connectivity index (χ1n) is 5.28. The lowest BCUT2D eigenvalue weighted by molar-refractivity contribution is 0.416. The van der Waals surface area contributed by atoms with E-state index >= 15 is 0 Å². The molecule has 0 radical (unpaired) electrons. The third-order valence-corrected chi connectivity index (χ3v) is 3.28. The highest BCUT2D eigenvalue weighted by molar-refractivity contribution is 5.60. The van der Waals surface area contributed by atoms with Crippen LogP contribution < -0.4 is 11.5 Å². The Balaban J connectivity index is 2.78. The fraction of sp³-hybridized carbons (Fsp3) is 0. The molecule has 104 valence electrons. The van der Waals surface area contributed by atoms with Crippen molar-refractivity contribution in [1.29, 1.82) is 0 Å². The Kier molecular flexibility index (Phi) is 2.15. The Morgan fingerprint density at radius 1 is 0.550 bits per heavy atom. The zero-order chi connectivity index (χ0) is 14.9. The fourth-order valence-electron chi connectivity index (χ4n) is 2.27. The van der Waals surface area contributed by atoms with Gasteiger partial charge in [-0.3, -0.25) is 0 Å². The maximum absolute atomic E-state index is 13.9. The van der Waals surface area contributed by atoms with Crippen LogP contribution in [0, 0.1) is 44.1 Å². The Morgan fingerprint density at radius 2 is 0.800 bits per heavy atom. The van der Waals surface area contributed by atoms with Crippen LogP contribution in [0.1, 0.15) is 0 Å². The van der Waals surface area contributed by atoms with Crippen LogP contribution >= 0.6 is 0 Å². The normalized spacial score (nSPS) is 11.8. The highest BCUT2D eigenvalue weighted by Crippen LogP contribution is 2.37. The van der Waals surface area contributed by atoms with E-state index < -0.39 is 67.0 Å². The largest absolute Gasteiger partial charge is 0.503 e. The molecular weight excluding hydrogens is 280 g/mol. The van der Waals surface area contributed by atoms with Gasteiger partial charge in [0.1, 0.15) is 11.4 Å². The van der Waals surface area contributed by atoms with Crippen LogP contribution in [0.25, 0.3) is 0 Å². The minimum atomic E-state index is -1.39. The summed E-state index contributed by atoms with van der Waals surface area (Å²) in [5, 5.41) is 16.0. The molecule has 0 unspecified atom stereocenters. The molecule has 6 N–H and O–H groups in total. The molecule has 8 heteroatoms. The van der Waals surface area contributed by atoms with Gasteiger partial charge in [-0.25, -0.2) is 17.6 Å². The second-order valence-corrected chi connectivity index (χ2v) is 4.28. The van der Waals surface area contributed by atoms with Crippen molar-refractivity contribution >= 4 is 11.4 Å². The van der Waals surface area contributed by atoms with E-state index in [-0.39, 0.29) is 0 Å². The van der Waals surface area contributed by atoms with Gasteiger partial charge in [-0.05, 0) is 0 Å². The lowest BCUT2D eigenvalue weighted by Crippen LogP contribution is -2.09. The third-order valence-electron chi connectivity index (χ3n) is 3.28. The summed E-state index contributed by atoms with van der Waals surface area (Å²) in [6, 6.07) is 0. The van der Waals surface area contributed by atoms with E-state index in [1.54, 1.807) is 0 Å². The van der Waals surface area contributed by atoms with Crippen LogP contribution in [0.2, 0.25) is 0 Å². The molecule has 2 aromatic rings. The summed E-state index contributed by atoms with van der Waals surface area (Å²) in [5.41, 5.74) is 8.44. The standard InChI is InChI=1S/C12H6F4N2O2/c13-5-1-2-4(3(1)7(15)11(19)9(5)17)8(16)12(20)10(18)6(2)14/h19-20H,17-18H2. The van der Waals surface area contributed by atoms with Crippen molar-refractivity contribution in [3.8, 4) is 11.5 Å². The van der Waals surface area contributed by atoms with E-state index in [0.717, 1.165) is 0 Å². The van der Waals surface area contributed by atoms with E-state index in [2.05, 4.69) is 0 Å². The van der Waals surface area contributed by atoms with Crippen molar-refractivity contribution in [1.82, 2.24) is 0 Å². The molecular formula is C12H6F4N2O2. The van der Waals surface area contributed by atoms with E-state index in [0.29, 0.717) is 0 Å². The first-order valence-corrected chi connectivity index (χ1v) is 5.28. The second kappa shape index (κ2) is 3.47. The van der Waals surface area contributed by atoms with E-state index in [1.807, 2.05) is 0 Å². The Morgan fingerprint density at radius 3 is 1.10 bits per heavy atom. The number of halogens is 4. The Hall–Kier alpha value is -2.64. The summed E-state index contributed by atoms with van der Waals surface area (Å²) in [7, 11) is 0. The summed E-state index contributed by atoms with van der Waals surface area (Å²) in [4.78, 5) is 0. The third kappa shape index (κ3) is 1.11. The van der Waals surface area contributed by atoms with Crippen LogP contribution in [0.4, 0.5) is 28.9 Å². The van der Waals surface area contributed by atoms with Crippen molar-refractivity contribution in [2.75, 3.05) is 11.5 Å². The van der Waals surface area contributed by atoms with E-state index in [4.69, 9.17) is 11.5 Å². The van der Waals surface area contributed by atoms with Gasteiger partial charge in [-0.1, -0.05) is 0 Å². The molecule has 0 fully saturated rings. The van der Waals surface area contributed by atoms with Gasteiger partial charge in [0.15, 0.2) is 34.8 Å². The molecule has 0 saturated carbocycles. The van der Waals surface area contributed by atoms with Gasteiger partial charge >= 0.3 is 0 Å². The molecule has 0 heterocycles. The number of hydrogen-bond donors (Lipinski definition) is 4. The first-order chi connectivity index (χ1) is 9.29. The predicted molar refractivity (Wildman–Crippen MR) is 60.2 cm³/mol. The fourth-order valence-corrected chi connectivity index (χ4v) is 2.27. The highest BCUT2D eigenvalue weighted by atomic mass is 19.1. The highest BCUT2D eigenvalue weighted by Gasteiger charge is 2.27. The van der Waals surface area contributed by atoms with Crippen molar-refractivity contribution in [3.63, 3.8) is 0 Å². The summed E-state index contributed by atoms with van der Waals surface area (Å²) in [6.45, 7) is 0. The molecule has 0 bridgehead atoms. The summed E-state index contributed by atoms with van der Waals surface area (Å²) < 4.78 is 55.3. The number of nitrogen functional groups attached to an aromatic ring is 2. The molecule has 0 saturated heterocycles. The van der Waals surface area contributed by atoms with Crippen molar-refractivity contribution in [3.05, 3.63) is 44.1 Å². The predicted octanol–water partition coefficient (Wildman–Crippen LogP) is 1.71. The molecule has 1 aliphatic carbocycles. The first kappa shape index (κ1) is 12.4. The number of phenols is 2. The summed E-state index contributed by atoms with van der Waals surface area (Å²) >= 11 is 0. The lowest BCUT2D eigenvalue weighted by atomic mass is 9.97. The number of phenolic OH excluding ortho intramolecular Hbond substituents is 2. The molecule has 0 spiro atoms. The number of anilines is 2. The molecule has 0 aromatic heterocycles. The monoisotopic (exact) mass is 286 g/mol. The Labute approximate surface area is 107 Å². The number of aromatic hydroxyl groups is 2. The average molecular weight is 286 g/mol. The van der Waals surface area contributed by atoms with E-state index in [9.17, 15) is 27.8 Å². The molecule has 0 atom stereocenters. The minimum Gasteiger partial charge on any atom is -0.503 e. The maximum atomic E-state index is 13.9. The van der Waals surface area contributed by atoms with Crippen LogP contribution in [0.3, 0.4) is 0 Å². The van der Waals surface area contributed by atoms with Gasteiger partial charge in [0.2, 0.25) is 0 Å². The van der Waals surface area contributed by atoms with Gasteiger partial charge in [-0.2, -0.15) is 0 Å². The lowest BCUT2D eigenvalue weighted by Gasteiger charge is -2.14. The number of nitrogens with two attached hydrogens (primary N) is 2. The molecule has 20 heavy (non-hydrogen) atoms. The zero-order valence-corrected chi connectivity index (χ0v) is 9.56. The van der Waals surface area contributed by atoms with Crippen molar-refractivity contribution in [2.45, 2.75) is 0 Å². The Bertz CT molecular complexity index is 806. The SMILES string of the molecule is Nc1c(O)c(F)c2c(c1F)=c1c(F)c(N)c(O)c(F)c1=2. The van der Waals surface area contributed by atoms with Crippen LogP contribution in [0.15, 0.2) is 0 Å². The van der Waals surface area contributed by atoms with Crippen LogP contribution in [0.5, 0.6) is 11.5 Å². The molecule has 0 amide bonds. The number of hydrogen-bond acceptors (Lipinski definition) is 4. The molecule has 2 aromatic carbocycles. The maximum Gasteiger partial charge on any atom is 0.178 e. The van der Waals surface area contributed by atoms with Gasteiger partial charge in [-0.15, -0.1) is 0 Å². The van der Waals surface area contributed by atoms with Gasteiger partial charge in [0, 0.05) is 20.9 Å². The van der Waals surface area contributed by atoms with Crippen LogP contribution in [-0.2, 0) is 0 Å². The molecule has 0 aliphatic heterocycles. The van der Waals surface area contributed by atoms with Crippen molar-refractivity contribution in [2.24, 2.45) is 0 Å². The van der Waals surface area contributed by atoms with Crippen LogP contribution in [-0.4, -0.2) is 10.2 Å². The average Bonchev–Trinajstić information content (AvgIpc) is 2.39. The molecule has 3 rings (SSSR count). The van der Waals surface area contributed by atoms with Gasteiger partial charge < -0.3 is 21.7 Å². The summed E-state index contributed by atoms with van der Waals surface area (Å²) in [6.07, 6.45) is 0. The van der Waals surface area contributed by atoms with Gasteiger partial charge in [0.25, 0.3) is 0 Å². The van der Waals surface area contributed by atoms with Crippen molar-refractivity contribution < 1.29 is 27.8 Å².